The molecule has 0 atom stereocenters. The number of allylic oxidation sites excluding steroid dienone is 7. The van der Waals surface area contributed by atoms with Gasteiger partial charge < -0.3 is 23.7 Å². The number of anilines is 1. The topological polar surface area (TPSA) is 162 Å². The third kappa shape index (κ3) is 15.8. The second kappa shape index (κ2) is 25.1. The number of rotatable bonds is 18. The molecule has 3 N–H and O–H groups in total. The molecule has 0 aromatic heterocycles. The Balaban J connectivity index is 0.00000420. The summed E-state index contributed by atoms with van der Waals surface area (Å²) in [5.74, 6) is 0.439. The first-order valence-corrected chi connectivity index (χ1v) is 25.5. The molecule has 70 heavy (non-hydrogen) atoms. The van der Waals surface area contributed by atoms with Gasteiger partial charge in [-0.3, -0.25) is 13.9 Å². The third-order valence-corrected chi connectivity index (χ3v) is 14.6. The van der Waals surface area contributed by atoms with E-state index in [1.165, 1.54) is 12.1 Å². The third-order valence-electron chi connectivity index (χ3n) is 12.9. The van der Waals surface area contributed by atoms with Gasteiger partial charge in [-0.25, -0.2) is 0 Å². The summed E-state index contributed by atoms with van der Waals surface area (Å²) >= 11 is 0. The van der Waals surface area contributed by atoms with Gasteiger partial charge in [0.25, 0.3) is 20.2 Å². The molecule has 0 radical (unpaired) electrons. The second-order valence-electron chi connectivity index (χ2n) is 20.9. The van der Waals surface area contributed by atoms with Gasteiger partial charge in [-0.05, 0) is 116 Å². The van der Waals surface area contributed by atoms with Crippen molar-refractivity contribution in [3.05, 3.63) is 124 Å². The van der Waals surface area contributed by atoms with Crippen LogP contribution in [0, 0.1) is 0 Å². The van der Waals surface area contributed by atoms with Crippen molar-refractivity contribution >= 4 is 136 Å². The number of nitrogens with zero attached hydrogens (tertiary/aromatic N) is 4. The number of aliphatic carboxylic acids is 1. The van der Waals surface area contributed by atoms with E-state index in [1.807, 2.05) is 24.3 Å². The van der Waals surface area contributed by atoms with Crippen LogP contribution in [0.4, 0.5) is 11.4 Å². The molecule has 2 heterocycles. The first-order chi connectivity index (χ1) is 30.6. The fourth-order valence-electron chi connectivity index (χ4n) is 9.32. The average molecular weight is 1160 g/mol. The SMILES string of the molecule is Br.Br.CC1(C)C(/C=C/C2=C(Oc3ccc(CCC(=O)O)cc3)C(=C/C=C3/N(CCC[N+](C)(C)C)c4ccc(S(=O)(=O)O)cc4C3(C)C)/CCC2)=[N+](CCC[N+](C)(C)C)c2ccc(S(=O)(=O)O)cc21.[NaH].[NaH]. The molecular weight excluding hydrogens is 1080 g/mol. The zero-order valence-electron chi connectivity index (χ0n) is 41.1. The van der Waals surface area contributed by atoms with E-state index < -0.39 is 37.0 Å². The summed E-state index contributed by atoms with van der Waals surface area (Å²) in [6, 6.07) is 17.2. The van der Waals surface area contributed by atoms with E-state index in [0.717, 1.165) is 105 Å². The van der Waals surface area contributed by atoms with Crippen molar-refractivity contribution in [2.45, 2.75) is 93.3 Å². The summed E-state index contributed by atoms with van der Waals surface area (Å²) in [5, 5.41) is 9.27. The molecule has 3 aromatic carbocycles. The molecule has 2 aliphatic heterocycles. The first-order valence-electron chi connectivity index (χ1n) is 22.7. The molecule has 376 valence electrons. The second-order valence-corrected chi connectivity index (χ2v) is 23.7. The number of carboxylic acids is 1. The van der Waals surface area contributed by atoms with Crippen LogP contribution in [0.5, 0.6) is 5.75 Å². The van der Waals surface area contributed by atoms with E-state index in [9.17, 15) is 35.8 Å². The quantitative estimate of drug-likeness (QED) is 0.0489. The Labute approximate surface area is 482 Å². The first kappa shape index (κ1) is 64.2. The van der Waals surface area contributed by atoms with E-state index >= 15 is 0 Å². The number of benzene rings is 3. The van der Waals surface area contributed by atoms with Crippen molar-refractivity contribution in [1.29, 1.82) is 0 Å². The summed E-state index contributed by atoms with van der Waals surface area (Å²) in [4.78, 5) is 13.3. The van der Waals surface area contributed by atoms with Gasteiger partial charge in [-0.15, -0.1) is 34.0 Å². The average Bonchev–Trinajstić information content (AvgIpc) is 3.55. The summed E-state index contributed by atoms with van der Waals surface area (Å²) in [7, 11) is 4.07. The molecular formula is C51H73Br2N4Na2O9S2+3. The molecule has 6 rings (SSSR count). The number of carbonyl (C=O) groups is 1. The summed E-state index contributed by atoms with van der Waals surface area (Å²) in [5.41, 5.74) is 6.95. The van der Waals surface area contributed by atoms with Crippen LogP contribution in [0.1, 0.15) is 82.9 Å². The number of carboxylic acid groups (broad SMARTS) is 1. The molecule has 3 aliphatic rings. The van der Waals surface area contributed by atoms with Crippen LogP contribution in [-0.2, 0) is 42.3 Å². The van der Waals surface area contributed by atoms with E-state index in [1.54, 1.807) is 24.3 Å². The van der Waals surface area contributed by atoms with Crippen LogP contribution in [0.25, 0.3) is 0 Å². The van der Waals surface area contributed by atoms with E-state index in [2.05, 4.69) is 104 Å². The molecule has 0 amide bonds. The summed E-state index contributed by atoms with van der Waals surface area (Å²) < 4.78 is 80.1. The van der Waals surface area contributed by atoms with Crippen molar-refractivity contribution in [3.63, 3.8) is 0 Å². The minimum atomic E-state index is -4.43. The van der Waals surface area contributed by atoms with Gasteiger partial charge in [0.2, 0.25) is 5.69 Å². The maximum atomic E-state index is 12.3. The molecule has 1 aliphatic carbocycles. The fraction of sp³-hybridized carbons (Fsp3) is 0.451. The van der Waals surface area contributed by atoms with Gasteiger partial charge >= 0.3 is 65.1 Å². The number of aryl methyl sites for hydroxylation is 1. The zero-order valence-corrected chi connectivity index (χ0v) is 46.1. The Morgan fingerprint density at radius 3 is 1.90 bits per heavy atom. The molecule has 0 saturated carbocycles. The molecule has 0 unspecified atom stereocenters. The van der Waals surface area contributed by atoms with Gasteiger partial charge in [-0.1, -0.05) is 32.1 Å². The fourth-order valence-corrected chi connectivity index (χ4v) is 10.3. The van der Waals surface area contributed by atoms with Gasteiger partial charge in [-0.2, -0.15) is 21.4 Å². The normalized spacial score (nSPS) is 17.7. The van der Waals surface area contributed by atoms with Crippen molar-refractivity contribution in [1.82, 2.24) is 0 Å². The van der Waals surface area contributed by atoms with Crippen LogP contribution in [0.15, 0.2) is 117 Å². The van der Waals surface area contributed by atoms with E-state index in [4.69, 9.17) is 4.74 Å². The number of ether oxygens (including phenoxy) is 1. The van der Waals surface area contributed by atoms with Crippen molar-refractivity contribution in [3.8, 4) is 5.75 Å². The van der Waals surface area contributed by atoms with Crippen LogP contribution in [0.2, 0.25) is 0 Å². The molecule has 3 aromatic rings. The minimum absolute atomic E-state index is 0. The molecule has 0 spiro atoms. The van der Waals surface area contributed by atoms with Gasteiger partial charge in [0.1, 0.15) is 11.5 Å². The molecule has 0 bridgehead atoms. The molecule has 13 nitrogen and oxygen atoms in total. The Morgan fingerprint density at radius 2 is 1.33 bits per heavy atom. The van der Waals surface area contributed by atoms with Crippen LogP contribution in [0.3, 0.4) is 0 Å². The van der Waals surface area contributed by atoms with Gasteiger partial charge in [0.15, 0.2) is 12.3 Å². The molecule has 0 saturated heterocycles. The van der Waals surface area contributed by atoms with Crippen molar-refractivity contribution in [2.24, 2.45) is 0 Å². The van der Waals surface area contributed by atoms with Crippen LogP contribution >= 0.6 is 34.0 Å². The summed E-state index contributed by atoms with van der Waals surface area (Å²) in [6.45, 7) is 11.5. The Bertz CT molecular complexity index is 2780. The predicted molar refractivity (Wildman–Crippen MR) is 295 cm³/mol. The van der Waals surface area contributed by atoms with Crippen LogP contribution in [-0.4, -0.2) is 184 Å². The molecule has 19 heteroatoms. The Kier molecular flexibility index (Phi) is 23.0. The van der Waals surface area contributed by atoms with Gasteiger partial charge in [0.05, 0.1) is 77.0 Å². The van der Waals surface area contributed by atoms with E-state index in [-0.39, 0.29) is 109 Å². The van der Waals surface area contributed by atoms with Gasteiger partial charge in [0, 0.05) is 53.9 Å². The number of hydrogen-bond acceptors (Lipinski definition) is 7. The van der Waals surface area contributed by atoms with Crippen LogP contribution < -0.4 is 9.64 Å². The number of halogens is 2. The number of hydrogen-bond donors (Lipinski definition) is 3. The molecule has 0 fully saturated rings. The van der Waals surface area contributed by atoms with Crippen molar-refractivity contribution in [2.75, 3.05) is 73.4 Å². The van der Waals surface area contributed by atoms with E-state index in [0.29, 0.717) is 31.0 Å². The van der Waals surface area contributed by atoms with Crippen molar-refractivity contribution < 1.29 is 54.1 Å². The number of quaternary nitrogens is 2. The Morgan fingerprint density at radius 1 is 0.757 bits per heavy atom. The Hall–Kier alpha value is -1.94. The zero-order chi connectivity index (χ0) is 48.6. The standard InChI is InChI=1S/C51H66N4O9S2.2BrH.2Na.2H/c1-50(2)42-34-40(65(58,59)60)23-25-44(42)52(30-12-32-54(5,6)7)46(50)27-19-37-14-11-15-38(49(37)64-39-21-16-36(17-22-39)18-29-48(56)57)20-28-47-51(3,4)43-35-41(66(61,62)63)24-26-45(43)53(47)31-13-33-55(8,9)10;;;;;;/h16-17,19-28,34-35H,11-15,18,29-33H2,1-10H3;2*1H;;;;/p+3. The predicted octanol–water partition coefficient (Wildman–Crippen LogP) is 8.31. The monoisotopic (exact) mass is 1150 g/mol. The maximum absolute atomic E-state index is 12.3. The summed E-state index contributed by atoms with van der Waals surface area (Å²) in [6.07, 6.45) is 12.9. The number of fused-ring (bicyclic) bond motifs is 2.